The number of imidazole rings is 1. The molecule has 2 N–H and O–H groups in total. The van der Waals surface area contributed by atoms with E-state index in [0.29, 0.717) is 6.54 Å². The molecule has 4 heteroatoms. The van der Waals surface area contributed by atoms with Gasteiger partial charge in [-0.15, -0.1) is 0 Å². The van der Waals surface area contributed by atoms with Gasteiger partial charge in [0.2, 0.25) is 0 Å². The van der Waals surface area contributed by atoms with Crippen LogP contribution in [0.5, 0.6) is 0 Å². The van der Waals surface area contributed by atoms with Crippen LogP contribution in [0, 0.1) is 0 Å². The molecular formula is C15H16N4. The van der Waals surface area contributed by atoms with Gasteiger partial charge in [-0.05, 0) is 42.8 Å². The summed E-state index contributed by atoms with van der Waals surface area (Å²) in [6, 6.07) is 12.1. The Morgan fingerprint density at radius 2 is 2.11 bits per heavy atom. The maximum absolute atomic E-state index is 5.61. The van der Waals surface area contributed by atoms with Gasteiger partial charge in [0.15, 0.2) is 5.82 Å². The number of fused-ring (bicyclic) bond motifs is 1. The zero-order chi connectivity index (χ0) is 13.2. The predicted octanol–water partition coefficient (Wildman–Crippen LogP) is 2.14. The summed E-state index contributed by atoms with van der Waals surface area (Å²) in [5, 5.41) is 0. The molecule has 3 rings (SSSR count). The summed E-state index contributed by atoms with van der Waals surface area (Å²) >= 11 is 0. The average molecular weight is 252 g/mol. The first-order valence-electron chi connectivity index (χ1n) is 6.36. The Balaban J connectivity index is 2.15. The zero-order valence-corrected chi connectivity index (χ0v) is 10.9. The summed E-state index contributed by atoms with van der Waals surface area (Å²) in [4.78, 5) is 9.01. The fourth-order valence-corrected chi connectivity index (χ4v) is 2.28. The summed E-state index contributed by atoms with van der Waals surface area (Å²) in [6.45, 7) is 0.663. The summed E-state index contributed by atoms with van der Waals surface area (Å²) < 4.78 is 2.08. The van der Waals surface area contributed by atoms with Crippen molar-refractivity contribution in [1.82, 2.24) is 14.5 Å². The second-order valence-electron chi connectivity index (χ2n) is 4.57. The molecule has 0 fully saturated rings. The van der Waals surface area contributed by atoms with Gasteiger partial charge in [0.25, 0.3) is 0 Å². The number of rotatable bonds is 3. The van der Waals surface area contributed by atoms with Crippen molar-refractivity contribution in [1.29, 1.82) is 0 Å². The number of hydrogen-bond donors (Lipinski definition) is 1. The van der Waals surface area contributed by atoms with Crippen LogP contribution in [-0.4, -0.2) is 21.1 Å². The molecule has 19 heavy (non-hydrogen) atoms. The minimum atomic E-state index is 0.663. The Morgan fingerprint density at radius 1 is 1.21 bits per heavy atom. The second-order valence-corrected chi connectivity index (χ2v) is 4.57. The smallest absolute Gasteiger partial charge is 0.159 e. The van der Waals surface area contributed by atoms with Crippen molar-refractivity contribution in [3.05, 3.63) is 48.2 Å². The number of benzene rings is 1. The molecule has 0 aliphatic carbocycles. The maximum Gasteiger partial charge on any atom is 0.159 e. The Hall–Kier alpha value is -2.20. The number of nitrogens with two attached hydrogens (primary N) is 1. The molecule has 0 aliphatic rings. The van der Waals surface area contributed by atoms with Crippen molar-refractivity contribution in [2.75, 3.05) is 6.54 Å². The molecule has 4 nitrogen and oxygen atoms in total. The van der Waals surface area contributed by atoms with E-state index >= 15 is 0 Å². The van der Waals surface area contributed by atoms with Gasteiger partial charge in [-0.25, -0.2) is 4.98 Å². The van der Waals surface area contributed by atoms with Crippen molar-refractivity contribution in [3.8, 4) is 11.5 Å². The van der Waals surface area contributed by atoms with Crippen LogP contribution in [-0.2, 0) is 13.5 Å². The van der Waals surface area contributed by atoms with Crippen molar-refractivity contribution in [2.24, 2.45) is 12.8 Å². The summed E-state index contributed by atoms with van der Waals surface area (Å²) in [6.07, 6.45) is 2.68. The Bertz CT molecular complexity index is 701. The van der Waals surface area contributed by atoms with Crippen molar-refractivity contribution < 1.29 is 0 Å². The van der Waals surface area contributed by atoms with E-state index in [0.717, 1.165) is 29.0 Å². The van der Waals surface area contributed by atoms with E-state index in [1.807, 2.05) is 31.3 Å². The van der Waals surface area contributed by atoms with E-state index in [2.05, 4.69) is 26.7 Å². The van der Waals surface area contributed by atoms with E-state index < -0.39 is 0 Å². The van der Waals surface area contributed by atoms with Crippen LogP contribution in [0.15, 0.2) is 42.6 Å². The third kappa shape index (κ3) is 2.11. The van der Waals surface area contributed by atoms with E-state index in [1.165, 1.54) is 5.56 Å². The highest BCUT2D eigenvalue weighted by Gasteiger charge is 2.10. The topological polar surface area (TPSA) is 56.7 Å². The number of hydrogen-bond acceptors (Lipinski definition) is 3. The van der Waals surface area contributed by atoms with Gasteiger partial charge in [0.1, 0.15) is 5.69 Å². The predicted molar refractivity (Wildman–Crippen MR) is 76.7 cm³/mol. The molecule has 0 saturated heterocycles. The molecule has 0 aliphatic heterocycles. The number of aromatic nitrogens is 3. The molecule has 96 valence electrons. The Kier molecular flexibility index (Phi) is 3.01. The van der Waals surface area contributed by atoms with Crippen molar-refractivity contribution >= 4 is 11.0 Å². The number of pyridine rings is 1. The normalized spacial score (nSPS) is 11.1. The van der Waals surface area contributed by atoms with E-state index in [1.54, 1.807) is 6.20 Å². The highest BCUT2D eigenvalue weighted by Crippen LogP contribution is 2.22. The third-order valence-electron chi connectivity index (χ3n) is 3.27. The lowest BCUT2D eigenvalue weighted by Gasteiger charge is -2.02. The molecule has 0 spiro atoms. The van der Waals surface area contributed by atoms with Crippen LogP contribution in [0.4, 0.5) is 0 Å². The van der Waals surface area contributed by atoms with Gasteiger partial charge in [0.05, 0.1) is 11.0 Å². The standard InChI is InChI=1S/C15H16N4/c1-19-14-10-11(7-8-16)5-6-12(14)18-15(19)13-4-2-3-9-17-13/h2-6,9-10H,7-8,16H2,1H3. The van der Waals surface area contributed by atoms with Crippen LogP contribution >= 0.6 is 0 Å². The molecular weight excluding hydrogens is 236 g/mol. The van der Waals surface area contributed by atoms with Crippen LogP contribution in [0.1, 0.15) is 5.56 Å². The first kappa shape index (κ1) is 11.9. The summed E-state index contributed by atoms with van der Waals surface area (Å²) in [5.41, 5.74) is 9.85. The van der Waals surface area contributed by atoms with Gasteiger partial charge in [-0.3, -0.25) is 4.98 Å². The SMILES string of the molecule is Cn1c(-c2ccccn2)nc2ccc(CCN)cc21. The van der Waals surface area contributed by atoms with E-state index in [-0.39, 0.29) is 0 Å². The Morgan fingerprint density at radius 3 is 2.84 bits per heavy atom. The molecule has 0 amide bonds. The third-order valence-corrected chi connectivity index (χ3v) is 3.27. The molecule has 0 bridgehead atoms. The highest BCUT2D eigenvalue weighted by molar-refractivity contribution is 5.80. The van der Waals surface area contributed by atoms with Crippen LogP contribution in [0.25, 0.3) is 22.6 Å². The second kappa shape index (κ2) is 4.82. The summed E-state index contributed by atoms with van der Waals surface area (Å²) in [7, 11) is 2.02. The monoisotopic (exact) mass is 252 g/mol. The molecule has 0 radical (unpaired) electrons. The average Bonchev–Trinajstić information content (AvgIpc) is 2.78. The van der Waals surface area contributed by atoms with Gasteiger partial charge in [0, 0.05) is 13.2 Å². The molecule has 0 saturated carbocycles. The highest BCUT2D eigenvalue weighted by atomic mass is 15.1. The van der Waals surface area contributed by atoms with E-state index in [4.69, 9.17) is 5.73 Å². The van der Waals surface area contributed by atoms with Crippen LogP contribution in [0.3, 0.4) is 0 Å². The lowest BCUT2D eigenvalue weighted by Crippen LogP contribution is -2.02. The first-order chi connectivity index (χ1) is 9.29. The van der Waals surface area contributed by atoms with Crippen molar-refractivity contribution in [2.45, 2.75) is 6.42 Å². The quantitative estimate of drug-likeness (QED) is 0.777. The molecule has 0 atom stereocenters. The fraction of sp³-hybridized carbons (Fsp3) is 0.200. The Labute approximate surface area is 111 Å². The number of nitrogens with zero attached hydrogens (tertiary/aromatic N) is 3. The number of aryl methyl sites for hydroxylation is 1. The first-order valence-corrected chi connectivity index (χ1v) is 6.36. The van der Waals surface area contributed by atoms with Crippen molar-refractivity contribution in [3.63, 3.8) is 0 Å². The largest absolute Gasteiger partial charge is 0.330 e. The molecule has 2 heterocycles. The molecule has 0 unspecified atom stereocenters. The summed E-state index contributed by atoms with van der Waals surface area (Å²) in [5.74, 6) is 0.889. The van der Waals surface area contributed by atoms with Gasteiger partial charge in [-0.2, -0.15) is 0 Å². The molecule has 3 aromatic rings. The zero-order valence-electron chi connectivity index (χ0n) is 10.9. The van der Waals surface area contributed by atoms with Crippen LogP contribution < -0.4 is 5.73 Å². The maximum atomic E-state index is 5.61. The fourth-order valence-electron chi connectivity index (χ4n) is 2.28. The van der Waals surface area contributed by atoms with Crippen LogP contribution in [0.2, 0.25) is 0 Å². The lowest BCUT2D eigenvalue weighted by atomic mass is 10.1. The van der Waals surface area contributed by atoms with Gasteiger partial charge < -0.3 is 10.3 Å². The van der Waals surface area contributed by atoms with Gasteiger partial charge >= 0.3 is 0 Å². The lowest BCUT2D eigenvalue weighted by molar-refractivity contribution is 0.942. The minimum Gasteiger partial charge on any atom is -0.330 e. The minimum absolute atomic E-state index is 0.663. The molecule has 2 aromatic heterocycles. The molecule has 1 aromatic carbocycles. The van der Waals surface area contributed by atoms with Gasteiger partial charge in [-0.1, -0.05) is 12.1 Å². The van der Waals surface area contributed by atoms with E-state index in [9.17, 15) is 0 Å².